The van der Waals surface area contributed by atoms with E-state index in [1.54, 1.807) is 0 Å². The number of esters is 1. The minimum Gasteiger partial charge on any atom is -0.468 e. The van der Waals surface area contributed by atoms with Crippen molar-refractivity contribution in [1.29, 1.82) is 0 Å². The third-order valence-corrected chi connectivity index (χ3v) is 3.83. The maximum absolute atomic E-state index is 12.1. The summed E-state index contributed by atoms with van der Waals surface area (Å²) < 4.78 is 4.98. The zero-order valence-electron chi connectivity index (χ0n) is 13.2. The number of hydrogen-bond acceptors (Lipinski definition) is 3. The highest BCUT2D eigenvalue weighted by atomic mass is 16.5. The molecule has 3 heteroatoms. The van der Waals surface area contributed by atoms with Crippen LogP contribution in [0.4, 0.5) is 0 Å². The molecule has 0 aliphatic carbocycles. The van der Waals surface area contributed by atoms with Gasteiger partial charge in [0.05, 0.1) is 7.11 Å². The lowest BCUT2D eigenvalue weighted by molar-refractivity contribution is -0.146. The first-order chi connectivity index (χ1) is 10.7. The Bertz CT molecular complexity index is 569. The molecule has 2 rings (SSSR count). The van der Waals surface area contributed by atoms with Crippen molar-refractivity contribution in [3.63, 3.8) is 0 Å². The fourth-order valence-corrected chi connectivity index (χ4v) is 2.58. The van der Waals surface area contributed by atoms with E-state index >= 15 is 0 Å². The maximum atomic E-state index is 12.1. The summed E-state index contributed by atoms with van der Waals surface area (Å²) in [6, 6.07) is 20.2. The first-order valence-corrected chi connectivity index (χ1v) is 7.56. The monoisotopic (exact) mass is 297 g/mol. The third kappa shape index (κ3) is 4.71. The van der Waals surface area contributed by atoms with Crippen molar-refractivity contribution >= 4 is 5.97 Å². The van der Waals surface area contributed by atoms with E-state index in [2.05, 4.69) is 29.2 Å². The lowest BCUT2D eigenvalue weighted by Gasteiger charge is -2.26. The minimum absolute atomic E-state index is 0.172. The van der Waals surface area contributed by atoms with Gasteiger partial charge in [0.2, 0.25) is 0 Å². The summed E-state index contributed by atoms with van der Waals surface area (Å²) in [6.45, 7) is 0.732. The molecule has 0 bridgehead atoms. The molecule has 0 saturated heterocycles. The van der Waals surface area contributed by atoms with Gasteiger partial charge in [0.1, 0.15) is 6.04 Å². The van der Waals surface area contributed by atoms with Crippen molar-refractivity contribution in [2.24, 2.45) is 0 Å². The average molecular weight is 297 g/mol. The van der Waals surface area contributed by atoms with E-state index in [4.69, 9.17) is 4.74 Å². The molecule has 116 valence electrons. The Morgan fingerprint density at radius 1 is 1.00 bits per heavy atom. The van der Waals surface area contributed by atoms with E-state index in [1.165, 1.54) is 18.2 Å². The molecule has 0 heterocycles. The van der Waals surface area contributed by atoms with Gasteiger partial charge in [-0.3, -0.25) is 9.69 Å². The maximum Gasteiger partial charge on any atom is 0.323 e. The molecule has 2 aromatic carbocycles. The molecule has 0 unspecified atom stereocenters. The number of ether oxygens (including phenoxy) is 1. The summed E-state index contributed by atoms with van der Waals surface area (Å²) in [5.74, 6) is -0.172. The van der Waals surface area contributed by atoms with E-state index in [0.717, 1.165) is 19.4 Å². The molecular weight excluding hydrogens is 274 g/mol. The number of likely N-dealkylation sites (N-methyl/N-ethyl adjacent to an activating group) is 1. The predicted octanol–water partition coefficient (Wildman–Crippen LogP) is 3.29. The smallest absolute Gasteiger partial charge is 0.323 e. The zero-order chi connectivity index (χ0) is 15.8. The molecule has 2 aromatic rings. The Morgan fingerprint density at radius 2 is 1.55 bits per heavy atom. The molecule has 0 N–H and O–H groups in total. The first kappa shape index (κ1) is 16.2. The molecule has 0 aliphatic heterocycles. The SMILES string of the molecule is COC(=O)[C@H](CCc1ccccc1)N(C)Cc1ccccc1. The van der Waals surface area contributed by atoms with Crippen molar-refractivity contribution in [3.05, 3.63) is 71.8 Å². The number of rotatable bonds is 7. The Labute approximate surface area is 132 Å². The summed E-state index contributed by atoms with van der Waals surface area (Å²) in [5.41, 5.74) is 2.43. The first-order valence-electron chi connectivity index (χ1n) is 7.56. The molecule has 0 saturated carbocycles. The number of methoxy groups -OCH3 is 1. The summed E-state index contributed by atoms with van der Waals surface area (Å²) in [7, 11) is 3.42. The Morgan fingerprint density at radius 3 is 2.09 bits per heavy atom. The van der Waals surface area contributed by atoms with E-state index < -0.39 is 0 Å². The largest absolute Gasteiger partial charge is 0.468 e. The van der Waals surface area contributed by atoms with Gasteiger partial charge in [0, 0.05) is 6.54 Å². The van der Waals surface area contributed by atoms with Gasteiger partial charge in [-0.05, 0) is 31.0 Å². The molecule has 0 aliphatic rings. The number of carbonyl (C=O) groups is 1. The van der Waals surface area contributed by atoms with Crippen LogP contribution in [0, 0.1) is 0 Å². The van der Waals surface area contributed by atoms with Gasteiger partial charge in [-0.15, -0.1) is 0 Å². The second-order valence-corrected chi connectivity index (χ2v) is 5.46. The highest BCUT2D eigenvalue weighted by Gasteiger charge is 2.23. The minimum atomic E-state index is -0.231. The van der Waals surface area contributed by atoms with Gasteiger partial charge in [-0.2, -0.15) is 0 Å². The van der Waals surface area contributed by atoms with Crippen LogP contribution in [0.2, 0.25) is 0 Å². The number of hydrogen-bond donors (Lipinski definition) is 0. The van der Waals surface area contributed by atoms with E-state index in [-0.39, 0.29) is 12.0 Å². The molecule has 1 atom stereocenters. The normalized spacial score (nSPS) is 12.1. The molecule has 0 fully saturated rings. The van der Waals surface area contributed by atoms with Crippen LogP contribution in [0.15, 0.2) is 60.7 Å². The van der Waals surface area contributed by atoms with Crippen molar-refractivity contribution < 1.29 is 9.53 Å². The topological polar surface area (TPSA) is 29.5 Å². The third-order valence-electron chi connectivity index (χ3n) is 3.83. The number of aryl methyl sites for hydroxylation is 1. The van der Waals surface area contributed by atoms with E-state index in [9.17, 15) is 4.79 Å². The quantitative estimate of drug-likeness (QED) is 0.734. The second-order valence-electron chi connectivity index (χ2n) is 5.46. The van der Waals surface area contributed by atoms with Gasteiger partial charge in [-0.1, -0.05) is 60.7 Å². The summed E-state index contributed by atoms with van der Waals surface area (Å²) >= 11 is 0. The summed E-state index contributed by atoms with van der Waals surface area (Å²) in [4.78, 5) is 14.2. The Kier molecular flexibility index (Phi) is 6.16. The van der Waals surface area contributed by atoms with Crippen molar-refractivity contribution in [1.82, 2.24) is 4.90 Å². The zero-order valence-corrected chi connectivity index (χ0v) is 13.2. The van der Waals surface area contributed by atoms with Crippen LogP contribution in [0.5, 0.6) is 0 Å². The van der Waals surface area contributed by atoms with Crippen LogP contribution >= 0.6 is 0 Å². The summed E-state index contributed by atoms with van der Waals surface area (Å²) in [6.07, 6.45) is 1.61. The highest BCUT2D eigenvalue weighted by molar-refractivity contribution is 5.75. The van der Waals surface area contributed by atoms with Gasteiger partial charge in [0.15, 0.2) is 0 Å². The fourth-order valence-electron chi connectivity index (χ4n) is 2.58. The van der Waals surface area contributed by atoms with Crippen molar-refractivity contribution in [3.8, 4) is 0 Å². The number of carbonyl (C=O) groups excluding carboxylic acids is 1. The van der Waals surface area contributed by atoms with E-state index in [0.29, 0.717) is 0 Å². The molecule has 22 heavy (non-hydrogen) atoms. The van der Waals surface area contributed by atoms with Gasteiger partial charge < -0.3 is 4.74 Å². The highest BCUT2D eigenvalue weighted by Crippen LogP contribution is 2.13. The second kappa shape index (κ2) is 8.35. The molecule has 0 spiro atoms. The number of benzene rings is 2. The molecule has 3 nitrogen and oxygen atoms in total. The molecule has 0 amide bonds. The van der Waals surface area contributed by atoms with Crippen LogP contribution < -0.4 is 0 Å². The van der Waals surface area contributed by atoms with Gasteiger partial charge in [-0.25, -0.2) is 0 Å². The fraction of sp³-hybridized carbons (Fsp3) is 0.316. The molecular formula is C19H23NO2. The Balaban J connectivity index is 2.00. The standard InChI is InChI=1S/C19H23NO2/c1-20(15-17-11-7-4-8-12-17)18(19(21)22-2)14-13-16-9-5-3-6-10-16/h3-12,18H,13-15H2,1-2H3/t18-/m0/s1. The van der Waals surface area contributed by atoms with Crippen molar-refractivity contribution in [2.45, 2.75) is 25.4 Å². The Hall–Kier alpha value is -2.13. The van der Waals surface area contributed by atoms with E-state index in [1.807, 2.05) is 43.4 Å². The lowest BCUT2D eigenvalue weighted by atomic mass is 10.0. The lowest BCUT2D eigenvalue weighted by Crippen LogP contribution is -2.39. The average Bonchev–Trinajstić information content (AvgIpc) is 2.56. The summed E-state index contributed by atoms with van der Waals surface area (Å²) in [5, 5.41) is 0. The van der Waals surface area contributed by atoms with Gasteiger partial charge >= 0.3 is 5.97 Å². The van der Waals surface area contributed by atoms with Crippen LogP contribution in [0.1, 0.15) is 17.5 Å². The predicted molar refractivity (Wildman–Crippen MR) is 88.5 cm³/mol. The van der Waals surface area contributed by atoms with Crippen molar-refractivity contribution in [2.75, 3.05) is 14.2 Å². The van der Waals surface area contributed by atoms with Crippen LogP contribution in [-0.2, 0) is 22.5 Å². The molecule has 0 radical (unpaired) electrons. The van der Waals surface area contributed by atoms with Gasteiger partial charge in [0.25, 0.3) is 0 Å². The van der Waals surface area contributed by atoms with Crippen LogP contribution in [0.25, 0.3) is 0 Å². The van der Waals surface area contributed by atoms with Crippen LogP contribution in [-0.4, -0.2) is 31.1 Å². The van der Waals surface area contributed by atoms with Crippen LogP contribution in [0.3, 0.4) is 0 Å². The molecule has 0 aromatic heterocycles. The number of nitrogens with zero attached hydrogens (tertiary/aromatic N) is 1.